The lowest BCUT2D eigenvalue weighted by Crippen LogP contribution is -1.76. The van der Waals surface area contributed by atoms with Gasteiger partial charge in [-0.15, -0.1) is 0 Å². The standard InChI is InChI=1S/C27H36O/c1-23(2)13-9-16-26(5)18-11-20-27(6)19-10-17-24(3)14-7-8-15-25(4)21-12-22-28/h7-8,10-15,17-22H,9,16H2,1-6H3. The van der Waals surface area contributed by atoms with Gasteiger partial charge in [0, 0.05) is 0 Å². The van der Waals surface area contributed by atoms with Crippen LogP contribution in [0.25, 0.3) is 0 Å². The molecular weight excluding hydrogens is 340 g/mol. The normalized spacial score (nSPS) is 14.8. The van der Waals surface area contributed by atoms with Crippen molar-refractivity contribution in [1.29, 1.82) is 0 Å². The van der Waals surface area contributed by atoms with Gasteiger partial charge in [0.2, 0.25) is 0 Å². The van der Waals surface area contributed by atoms with Crippen molar-refractivity contribution in [1.82, 2.24) is 0 Å². The summed E-state index contributed by atoms with van der Waals surface area (Å²) >= 11 is 0. The Morgan fingerprint density at radius 2 is 1.07 bits per heavy atom. The maximum Gasteiger partial charge on any atom is 0.142 e. The van der Waals surface area contributed by atoms with E-state index >= 15 is 0 Å². The van der Waals surface area contributed by atoms with Crippen molar-refractivity contribution in [3.05, 3.63) is 107 Å². The maximum atomic E-state index is 10.3. The number of aldehydes is 1. The monoisotopic (exact) mass is 376 g/mol. The molecule has 0 atom stereocenters. The number of allylic oxidation sites excluding steroid dienone is 18. The first kappa shape index (κ1) is 25.3. The first-order valence-electron chi connectivity index (χ1n) is 9.81. The van der Waals surface area contributed by atoms with Crippen LogP contribution >= 0.6 is 0 Å². The average molecular weight is 377 g/mol. The Morgan fingerprint density at radius 1 is 0.607 bits per heavy atom. The third kappa shape index (κ3) is 16.8. The molecule has 0 aromatic carbocycles. The number of rotatable bonds is 11. The third-order valence-electron chi connectivity index (χ3n) is 3.82. The van der Waals surface area contributed by atoms with Crippen LogP contribution in [0.2, 0.25) is 0 Å². The smallest absolute Gasteiger partial charge is 0.142 e. The molecule has 0 radical (unpaired) electrons. The molecular formula is C27H36O. The van der Waals surface area contributed by atoms with Gasteiger partial charge in [-0.1, -0.05) is 101 Å². The second kappa shape index (κ2) is 16.5. The Labute approximate surface area is 172 Å². The molecule has 0 saturated heterocycles. The van der Waals surface area contributed by atoms with Crippen LogP contribution in [0, 0.1) is 0 Å². The van der Waals surface area contributed by atoms with Gasteiger partial charge in [-0.3, -0.25) is 4.79 Å². The molecule has 0 aliphatic rings. The molecule has 0 saturated carbocycles. The molecule has 1 nitrogen and oxygen atoms in total. The quantitative estimate of drug-likeness (QED) is 0.155. The molecule has 0 rings (SSSR count). The van der Waals surface area contributed by atoms with Crippen LogP contribution in [0.5, 0.6) is 0 Å². The van der Waals surface area contributed by atoms with Gasteiger partial charge in [0.1, 0.15) is 6.29 Å². The molecule has 0 heterocycles. The van der Waals surface area contributed by atoms with Crippen LogP contribution in [0.1, 0.15) is 54.4 Å². The minimum Gasteiger partial charge on any atom is -0.299 e. The van der Waals surface area contributed by atoms with Crippen LogP contribution in [0.3, 0.4) is 0 Å². The van der Waals surface area contributed by atoms with Crippen LogP contribution in [0.15, 0.2) is 107 Å². The molecule has 150 valence electrons. The van der Waals surface area contributed by atoms with Crippen LogP contribution in [0.4, 0.5) is 0 Å². The van der Waals surface area contributed by atoms with Crippen LogP contribution in [-0.2, 0) is 4.79 Å². The molecule has 0 aromatic heterocycles. The maximum absolute atomic E-state index is 10.3. The van der Waals surface area contributed by atoms with Crippen LogP contribution < -0.4 is 0 Å². The summed E-state index contributed by atoms with van der Waals surface area (Å²) in [5.41, 5.74) is 6.21. The number of hydrogen-bond acceptors (Lipinski definition) is 1. The van der Waals surface area contributed by atoms with Gasteiger partial charge in [-0.2, -0.15) is 0 Å². The summed E-state index contributed by atoms with van der Waals surface area (Å²) in [6, 6.07) is 0. The fraction of sp³-hybridized carbons (Fsp3) is 0.296. The lowest BCUT2D eigenvalue weighted by Gasteiger charge is -1.96. The van der Waals surface area contributed by atoms with Crippen LogP contribution in [-0.4, -0.2) is 6.29 Å². The van der Waals surface area contributed by atoms with Crippen molar-refractivity contribution < 1.29 is 4.79 Å². The Balaban J connectivity index is 4.56. The van der Waals surface area contributed by atoms with Gasteiger partial charge in [0.25, 0.3) is 0 Å². The van der Waals surface area contributed by atoms with Gasteiger partial charge in [-0.05, 0) is 60.5 Å². The number of carbonyl (C=O) groups is 1. The fourth-order valence-electron chi connectivity index (χ4n) is 2.16. The Bertz CT molecular complexity index is 737. The lowest BCUT2D eigenvalue weighted by atomic mass is 10.1. The molecule has 0 aliphatic heterocycles. The minimum absolute atomic E-state index is 0.782. The predicted octanol–water partition coefficient (Wildman–Crippen LogP) is 7.94. The number of carbonyl (C=O) groups excluding carboxylic acids is 1. The van der Waals surface area contributed by atoms with Gasteiger partial charge in [-0.25, -0.2) is 0 Å². The van der Waals surface area contributed by atoms with E-state index in [2.05, 4.69) is 83.2 Å². The van der Waals surface area contributed by atoms with E-state index in [1.54, 1.807) is 6.08 Å². The lowest BCUT2D eigenvalue weighted by molar-refractivity contribution is -0.104. The summed E-state index contributed by atoms with van der Waals surface area (Å²) in [6.45, 7) is 12.6. The highest BCUT2D eigenvalue weighted by Gasteiger charge is 1.87. The molecule has 0 unspecified atom stereocenters. The topological polar surface area (TPSA) is 17.1 Å². The van der Waals surface area contributed by atoms with E-state index in [9.17, 15) is 4.79 Å². The van der Waals surface area contributed by atoms with E-state index in [1.165, 1.54) is 28.4 Å². The number of hydrogen-bond donors (Lipinski definition) is 0. The first-order chi connectivity index (χ1) is 13.3. The summed E-state index contributed by atoms with van der Waals surface area (Å²) in [5, 5.41) is 0. The van der Waals surface area contributed by atoms with E-state index < -0.39 is 0 Å². The summed E-state index contributed by atoms with van der Waals surface area (Å²) in [6.07, 6.45) is 29.3. The third-order valence-corrected chi connectivity index (χ3v) is 3.82. The summed E-state index contributed by atoms with van der Waals surface area (Å²) in [4.78, 5) is 10.3. The minimum atomic E-state index is 0.782. The second-order valence-corrected chi connectivity index (χ2v) is 7.16. The summed E-state index contributed by atoms with van der Waals surface area (Å²) in [5.74, 6) is 0. The first-order valence-corrected chi connectivity index (χ1v) is 9.81. The highest BCUT2D eigenvalue weighted by Crippen LogP contribution is 2.07. The van der Waals surface area contributed by atoms with Gasteiger partial charge in [0.15, 0.2) is 0 Å². The van der Waals surface area contributed by atoms with Crippen molar-refractivity contribution in [3.8, 4) is 0 Å². The van der Waals surface area contributed by atoms with E-state index in [4.69, 9.17) is 0 Å². The van der Waals surface area contributed by atoms with Gasteiger partial charge < -0.3 is 0 Å². The SMILES string of the molecule is CC(C)=CCCC(C)=CC=CC(C)=CC=CC(C)=CC=CC=C(C)C=CC=O. The van der Waals surface area contributed by atoms with Gasteiger partial charge in [0.05, 0.1) is 0 Å². The molecule has 0 fully saturated rings. The molecule has 0 bridgehead atoms. The van der Waals surface area contributed by atoms with E-state index in [0.717, 1.165) is 24.7 Å². The van der Waals surface area contributed by atoms with Gasteiger partial charge >= 0.3 is 0 Å². The van der Waals surface area contributed by atoms with Crippen molar-refractivity contribution in [2.24, 2.45) is 0 Å². The molecule has 0 N–H and O–H groups in total. The average Bonchev–Trinajstić information content (AvgIpc) is 2.63. The molecule has 0 aromatic rings. The molecule has 0 aliphatic carbocycles. The molecule has 1 heteroatoms. The largest absolute Gasteiger partial charge is 0.299 e. The highest BCUT2D eigenvalue weighted by atomic mass is 16.1. The zero-order chi connectivity index (χ0) is 21.2. The van der Waals surface area contributed by atoms with E-state index in [-0.39, 0.29) is 0 Å². The van der Waals surface area contributed by atoms with Crippen molar-refractivity contribution in [2.45, 2.75) is 54.4 Å². The fourth-order valence-corrected chi connectivity index (χ4v) is 2.16. The Kier molecular flexibility index (Phi) is 14.9. The zero-order valence-corrected chi connectivity index (χ0v) is 18.4. The Hall–Kier alpha value is -2.67. The zero-order valence-electron chi connectivity index (χ0n) is 18.4. The summed E-state index contributed by atoms with van der Waals surface area (Å²) < 4.78 is 0. The van der Waals surface area contributed by atoms with Crippen molar-refractivity contribution in [2.75, 3.05) is 0 Å². The van der Waals surface area contributed by atoms with E-state index in [0.29, 0.717) is 0 Å². The van der Waals surface area contributed by atoms with Crippen molar-refractivity contribution in [3.63, 3.8) is 0 Å². The summed E-state index contributed by atoms with van der Waals surface area (Å²) in [7, 11) is 0. The van der Waals surface area contributed by atoms with Crippen molar-refractivity contribution >= 4 is 6.29 Å². The molecule has 28 heavy (non-hydrogen) atoms. The Morgan fingerprint density at radius 3 is 1.57 bits per heavy atom. The van der Waals surface area contributed by atoms with E-state index in [1.807, 2.05) is 25.2 Å². The predicted molar refractivity (Wildman–Crippen MR) is 126 cm³/mol. The highest BCUT2D eigenvalue weighted by molar-refractivity contribution is 5.65. The second-order valence-electron chi connectivity index (χ2n) is 7.16. The molecule has 0 spiro atoms. The molecule has 0 amide bonds.